The van der Waals surface area contributed by atoms with Gasteiger partial charge in [0.25, 0.3) is 0 Å². The molecule has 0 aliphatic carbocycles. The molecular formula is C27H30FNO. The zero-order chi connectivity index (χ0) is 21.7. The second kappa shape index (κ2) is 9.25. The Morgan fingerprint density at radius 2 is 1.50 bits per heavy atom. The highest BCUT2D eigenvalue weighted by molar-refractivity contribution is 5.96. The minimum Gasteiger partial charge on any atom is -0.378 e. The molecule has 2 nitrogen and oxygen atoms in total. The molecule has 0 amide bonds. The summed E-state index contributed by atoms with van der Waals surface area (Å²) in [6.45, 7) is 8.58. The van der Waals surface area contributed by atoms with Gasteiger partial charge in [0, 0.05) is 17.7 Å². The van der Waals surface area contributed by atoms with Crippen LogP contribution in [0.1, 0.15) is 67.2 Å². The highest BCUT2D eigenvalue weighted by Gasteiger charge is 2.19. The average Bonchev–Trinajstić information content (AvgIpc) is 2.74. The zero-order valence-corrected chi connectivity index (χ0v) is 18.2. The maximum absolute atomic E-state index is 13.4. The van der Waals surface area contributed by atoms with Crippen LogP contribution in [-0.2, 0) is 11.8 Å². The van der Waals surface area contributed by atoms with E-state index in [0.29, 0.717) is 5.56 Å². The number of benzene rings is 3. The molecule has 0 saturated carbocycles. The summed E-state index contributed by atoms with van der Waals surface area (Å²) >= 11 is 0. The summed E-state index contributed by atoms with van der Waals surface area (Å²) < 4.78 is 13.4. The molecule has 0 fully saturated rings. The summed E-state index contributed by atoms with van der Waals surface area (Å²) in [5.74, 6) is -0.226. The highest BCUT2D eigenvalue weighted by Crippen LogP contribution is 2.27. The van der Waals surface area contributed by atoms with Crippen LogP contribution in [0.15, 0.2) is 72.8 Å². The predicted molar refractivity (Wildman–Crippen MR) is 123 cm³/mol. The fourth-order valence-corrected chi connectivity index (χ4v) is 3.44. The molecule has 0 aliphatic rings. The maximum Gasteiger partial charge on any atom is 0.165 e. The number of Topliss-reactive ketones (excluding diaryl/α,β-unsaturated/α-hetero) is 1. The first-order valence-corrected chi connectivity index (χ1v) is 10.5. The van der Waals surface area contributed by atoms with Gasteiger partial charge in [-0.05, 0) is 52.8 Å². The van der Waals surface area contributed by atoms with Crippen LogP contribution >= 0.6 is 0 Å². The first-order valence-electron chi connectivity index (χ1n) is 10.5. The lowest BCUT2D eigenvalue weighted by atomic mass is 9.86. The molecule has 0 radical (unpaired) electrons. The molecule has 0 aliphatic heterocycles. The van der Waals surface area contributed by atoms with Crippen molar-refractivity contribution in [3.63, 3.8) is 0 Å². The van der Waals surface area contributed by atoms with Crippen LogP contribution in [0.2, 0.25) is 0 Å². The van der Waals surface area contributed by atoms with Gasteiger partial charge in [0.2, 0.25) is 0 Å². The molecule has 0 saturated heterocycles. The van der Waals surface area contributed by atoms with Crippen molar-refractivity contribution in [3.8, 4) is 0 Å². The largest absolute Gasteiger partial charge is 0.378 e. The molecule has 3 heteroatoms. The van der Waals surface area contributed by atoms with Crippen molar-refractivity contribution in [1.29, 1.82) is 0 Å². The van der Waals surface area contributed by atoms with Gasteiger partial charge in [-0.2, -0.15) is 0 Å². The summed E-state index contributed by atoms with van der Waals surface area (Å²) in [4.78, 5) is 13.0. The number of aryl methyl sites for hydroxylation is 1. The van der Waals surface area contributed by atoms with E-state index in [-0.39, 0.29) is 29.5 Å². The Balaban J connectivity index is 1.82. The third kappa shape index (κ3) is 5.56. The Bertz CT molecular complexity index is 967. The third-order valence-electron chi connectivity index (χ3n) is 5.44. The van der Waals surface area contributed by atoms with Crippen molar-refractivity contribution in [1.82, 2.24) is 0 Å². The van der Waals surface area contributed by atoms with Gasteiger partial charge in [0.15, 0.2) is 5.78 Å². The SMILES string of the molecule is CCc1ccc(NC(CC(=O)c2ccc(C(C)(C)C)cc2)c2ccc(F)cc2)cc1. The topological polar surface area (TPSA) is 29.1 Å². The van der Waals surface area contributed by atoms with Crippen LogP contribution < -0.4 is 5.32 Å². The summed E-state index contributed by atoms with van der Waals surface area (Å²) in [5.41, 5.74) is 5.02. The number of carbonyl (C=O) groups excluding carboxylic acids is 1. The fraction of sp³-hybridized carbons (Fsp3) is 0.296. The molecule has 1 atom stereocenters. The number of anilines is 1. The van der Waals surface area contributed by atoms with Gasteiger partial charge >= 0.3 is 0 Å². The van der Waals surface area contributed by atoms with E-state index < -0.39 is 0 Å². The van der Waals surface area contributed by atoms with Crippen molar-refractivity contribution < 1.29 is 9.18 Å². The lowest BCUT2D eigenvalue weighted by Crippen LogP contribution is -2.16. The molecular weight excluding hydrogens is 373 g/mol. The van der Waals surface area contributed by atoms with Crippen molar-refractivity contribution in [2.24, 2.45) is 0 Å². The molecule has 0 heterocycles. The molecule has 1 N–H and O–H groups in total. The Labute approximate surface area is 179 Å². The average molecular weight is 404 g/mol. The quantitative estimate of drug-likeness (QED) is 0.426. The number of hydrogen-bond acceptors (Lipinski definition) is 2. The van der Waals surface area contributed by atoms with Crippen LogP contribution in [0.3, 0.4) is 0 Å². The first-order chi connectivity index (χ1) is 14.3. The Morgan fingerprint density at radius 3 is 2.03 bits per heavy atom. The molecule has 0 spiro atoms. The standard InChI is InChI=1S/C27H30FNO/c1-5-19-6-16-24(17-7-19)29-25(20-10-14-23(28)15-11-20)18-26(30)21-8-12-22(13-9-21)27(2,3)4/h6-17,25,29H,5,18H2,1-4H3. The Hall–Kier alpha value is -2.94. The number of hydrogen-bond donors (Lipinski definition) is 1. The molecule has 1 unspecified atom stereocenters. The van der Waals surface area contributed by atoms with E-state index in [4.69, 9.17) is 0 Å². The minimum absolute atomic E-state index is 0.0461. The molecule has 156 valence electrons. The number of ketones is 1. The molecule has 0 aromatic heterocycles. The van der Waals surface area contributed by atoms with Crippen LogP contribution in [0.5, 0.6) is 0 Å². The molecule has 30 heavy (non-hydrogen) atoms. The number of carbonyl (C=O) groups is 1. The smallest absolute Gasteiger partial charge is 0.165 e. The van der Waals surface area contributed by atoms with Gasteiger partial charge in [-0.3, -0.25) is 4.79 Å². The van der Waals surface area contributed by atoms with Gasteiger partial charge in [-0.15, -0.1) is 0 Å². The van der Waals surface area contributed by atoms with Crippen LogP contribution in [0.4, 0.5) is 10.1 Å². The molecule has 0 bridgehead atoms. The van der Waals surface area contributed by atoms with Gasteiger partial charge < -0.3 is 5.32 Å². The zero-order valence-electron chi connectivity index (χ0n) is 18.2. The van der Waals surface area contributed by atoms with Gasteiger partial charge in [-0.1, -0.05) is 76.2 Å². The molecule has 3 aromatic carbocycles. The van der Waals surface area contributed by atoms with Crippen molar-refractivity contribution in [3.05, 3.63) is 101 Å². The second-order valence-corrected chi connectivity index (χ2v) is 8.75. The maximum atomic E-state index is 13.4. The van der Waals surface area contributed by atoms with Crippen LogP contribution in [0, 0.1) is 5.82 Å². The van der Waals surface area contributed by atoms with Gasteiger partial charge in [0.1, 0.15) is 5.82 Å². The van der Waals surface area contributed by atoms with Crippen molar-refractivity contribution in [2.75, 3.05) is 5.32 Å². The normalized spacial score (nSPS) is 12.4. The number of halogens is 1. The predicted octanol–water partition coefficient (Wildman–Crippen LogP) is 7.11. The highest BCUT2D eigenvalue weighted by atomic mass is 19.1. The third-order valence-corrected chi connectivity index (χ3v) is 5.44. The van der Waals surface area contributed by atoms with E-state index in [0.717, 1.165) is 17.7 Å². The van der Waals surface area contributed by atoms with Gasteiger partial charge in [0.05, 0.1) is 6.04 Å². The number of nitrogens with one attached hydrogen (secondary N) is 1. The number of rotatable bonds is 7. The van der Waals surface area contributed by atoms with Crippen LogP contribution in [0.25, 0.3) is 0 Å². The fourth-order valence-electron chi connectivity index (χ4n) is 3.44. The van der Waals surface area contributed by atoms with Crippen LogP contribution in [-0.4, -0.2) is 5.78 Å². The van der Waals surface area contributed by atoms with E-state index >= 15 is 0 Å². The Morgan fingerprint density at radius 1 is 0.900 bits per heavy atom. The molecule has 3 aromatic rings. The lowest BCUT2D eigenvalue weighted by Gasteiger charge is -2.21. The Kier molecular flexibility index (Phi) is 6.71. The van der Waals surface area contributed by atoms with E-state index in [2.05, 4.69) is 45.1 Å². The summed E-state index contributed by atoms with van der Waals surface area (Å²) in [6.07, 6.45) is 1.26. The van der Waals surface area contributed by atoms with E-state index in [9.17, 15) is 9.18 Å². The second-order valence-electron chi connectivity index (χ2n) is 8.75. The lowest BCUT2D eigenvalue weighted by molar-refractivity contribution is 0.0976. The van der Waals surface area contributed by atoms with E-state index in [1.807, 2.05) is 36.4 Å². The van der Waals surface area contributed by atoms with E-state index in [1.54, 1.807) is 12.1 Å². The monoisotopic (exact) mass is 403 g/mol. The first kappa shape index (κ1) is 21.8. The summed E-state index contributed by atoms with van der Waals surface area (Å²) in [6, 6.07) is 22.2. The van der Waals surface area contributed by atoms with Crippen molar-refractivity contribution >= 4 is 11.5 Å². The van der Waals surface area contributed by atoms with Crippen molar-refractivity contribution in [2.45, 2.75) is 52.0 Å². The summed E-state index contributed by atoms with van der Waals surface area (Å²) in [7, 11) is 0. The van der Waals surface area contributed by atoms with Gasteiger partial charge in [-0.25, -0.2) is 4.39 Å². The van der Waals surface area contributed by atoms with E-state index in [1.165, 1.54) is 23.3 Å². The minimum atomic E-state index is -0.283. The summed E-state index contributed by atoms with van der Waals surface area (Å²) in [5, 5.41) is 3.46. The molecule has 3 rings (SSSR count).